The van der Waals surface area contributed by atoms with E-state index in [2.05, 4.69) is 20.7 Å². The van der Waals surface area contributed by atoms with Crippen molar-refractivity contribution < 1.29 is 33.4 Å². The molecule has 0 spiro atoms. The number of hydrogen-bond donors (Lipinski definition) is 2. The van der Waals surface area contributed by atoms with Gasteiger partial charge < -0.3 is 20.1 Å². The molecule has 2 heterocycles. The molecule has 41 heavy (non-hydrogen) atoms. The van der Waals surface area contributed by atoms with E-state index in [9.17, 15) is 24.0 Å². The van der Waals surface area contributed by atoms with Gasteiger partial charge >= 0.3 is 12.1 Å². The van der Waals surface area contributed by atoms with E-state index < -0.39 is 24.8 Å². The molecule has 13 nitrogen and oxygen atoms in total. The maximum Gasteiger partial charge on any atom is 0.419 e. The number of amides is 3. The Morgan fingerprint density at radius 1 is 1.12 bits per heavy atom. The van der Waals surface area contributed by atoms with Crippen molar-refractivity contribution in [2.75, 3.05) is 12.1 Å². The van der Waals surface area contributed by atoms with E-state index in [4.69, 9.17) is 9.47 Å². The largest absolute Gasteiger partial charge is 0.425 e. The number of rotatable bonds is 10. The molecule has 5 rings (SSSR count). The summed E-state index contributed by atoms with van der Waals surface area (Å²) in [5, 5.41) is 10.5. The van der Waals surface area contributed by atoms with Crippen LogP contribution in [0.3, 0.4) is 0 Å². The maximum absolute atomic E-state index is 13.6. The molecule has 2 aliphatic rings. The number of allylic oxidation sites excluding steroid dienone is 1. The van der Waals surface area contributed by atoms with Crippen LogP contribution in [-0.4, -0.2) is 68.5 Å². The summed E-state index contributed by atoms with van der Waals surface area (Å²) >= 11 is 0. The number of hydrogen-bond acceptors (Lipinski definition) is 10. The lowest BCUT2D eigenvalue weighted by atomic mass is 10.1. The van der Waals surface area contributed by atoms with E-state index in [-0.39, 0.29) is 23.6 Å². The molecule has 0 aliphatic heterocycles. The van der Waals surface area contributed by atoms with E-state index in [1.807, 2.05) is 13.0 Å². The number of esters is 1. The van der Waals surface area contributed by atoms with Gasteiger partial charge in [-0.15, -0.1) is 0 Å². The van der Waals surface area contributed by atoms with Crippen molar-refractivity contribution in [3.8, 4) is 0 Å². The summed E-state index contributed by atoms with van der Waals surface area (Å²) in [5.74, 6) is -1.19. The van der Waals surface area contributed by atoms with Crippen LogP contribution in [0.2, 0.25) is 0 Å². The monoisotopic (exact) mass is 560 g/mol. The highest BCUT2D eigenvalue weighted by Crippen LogP contribution is 2.32. The molecule has 2 N–H and O–H groups in total. The van der Waals surface area contributed by atoms with Crippen molar-refractivity contribution >= 4 is 47.2 Å². The smallest absolute Gasteiger partial charge is 0.419 e. The van der Waals surface area contributed by atoms with Gasteiger partial charge in [0, 0.05) is 35.6 Å². The lowest BCUT2D eigenvalue weighted by Gasteiger charge is -2.19. The summed E-state index contributed by atoms with van der Waals surface area (Å²) in [6.45, 7) is 2.91. The predicted octanol–water partition coefficient (Wildman–Crippen LogP) is 2.98. The first-order valence-corrected chi connectivity index (χ1v) is 13.1. The molecule has 0 radical (unpaired) electrons. The Morgan fingerprint density at radius 3 is 2.61 bits per heavy atom. The molecule has 0 bridgehead atoms. The van der Waals surface area contributed by atoms with Crippen LogP contribution < -0.4 is 10.6 Å². The Labute approximate surface area is 234 Å². The minimum atomic E-state index is -0.958. The number of fused-ring (bicyclic) bond motifs is 1. The number of nitrogens with zero attached hydrogens (tertiary/aromatic N) is 4. The second-order valence-electron chi connectivity index (χ2n) is 9.87. The highest BCUT2D eigenvalue weighted by molar-refractivity contribution is 6.06. The van der Waals surface area contributed by atoms with Crippen LogP contribution in [0.15, 0.2) is 42.9 Å². The fourth-order valence-electron chi connectivity index (χ4n) is 4.22. The average molecular weight is 561 g/mol. The number of carbonyl (C=O) groups excluding carboxylic acids is 5. The third kappa shape index (κ3) is 6.24. The Balaban J connectivity index is 1.36. The van der Waals surface area contributed by atoms with Gasteiger partial charge in [-0.25, -0.2) is 24.0 Å². The Hall–Kier alpha value is -5.07. The van der Waals surface area contributed by atoms with Crippen LogP contribution >= 0.6 is 0 Å². The summed E-state index contributed by atoms with van der Waals surface area (Å²) in [7, 11) is 0. The standard InChI is InChI=1S/C28H28N6O7/c1-16-5-6-18(26(37)31-19-7-8-19)12-22(16)32-25-24-17(2)21(13-33(24)30-14-29-25)27(38)34(20-9-10-20)28(39)41-15-40-23(36)4-3-11-35/h3-6,11-14,19-20H,7-10,15H2,1-2H3,(H,31,37)(H,29,30,32)/b4-3+. The van der Waals surface area contributed by atoms with Gasteiger partial charge in [-0.1, -0.05) is 6.07 Å². The third-order valence-corrected chi connectivity index (χ3v) is 6.74. The quantitative estimate of drug-likeness (QED) is 0.163. The number of aromatic nitrogens is 3. The maximum atomic E-state index is 13.6. The number of ether oxygens (including phenoxy) is 2. The zero-order valence-electron chi connectivity index (χ0n) is 22.5. The van der Waals surface area contributed by atoms with Gasteiger partial charge in [0.05, 0.1) is 5.56 Å². The zero-order chi connectivity index (χ0) is 29.1. The van der Waals surface area contributed by atoms with Gasteiger partial charge in [-0.3, -0.25) is 14.4 Å². The second-order valence-corrected chi connectivity index (χ2v) is 9.87. The first kappa shape index (κ1) is 27.5. The average Bonchev–Trinajstić information content (AvgIpc) is 3.89. The van der Waals surface area contributed by atoms with Crippen molar-refractivity contribution in [1.82, 2.24) is 24.8 Å². The van der Waals surface area contributed by atoms with Crippen molar-refractivity contribution in [2.45, 2.75) is 51.6 Å². The van der Waals surface area contributed by atoms with E-state index in [0.717, 1.165) is 35.5 Å². The second kappa shape index (κ2) is 11.6. The van der Waals surface area contributed by atoms with E-state index in [0.29, 0.717) is 47.3 Å². The lowest BCUT2D eigenvalue weighted by Crippen LogP contribution is -2.39. The number of aryl methyl sites for hydroxylation is 2. The third-order valence-electron chi connectivity index (χ3n) is 6.74. The normalized spacial score (nSPS) is 14.5. The predicted molar refractivity (Wildman–Crippen MR) is 145 cm³/mol. The number of anilines is 2. The van der Waals surface area contributed by atoms with Crippen molar-refractivity contribution in [3.63, 3.8) is 0 Å². The molecular weight excluding hydrogens is 532 g/mol. The van der Waals surface area contributed by atoms with Gasteiger partial charge in [-0.05, 0) is 68.9 Å². The summed E-state index contributed by atoms with van der Waals surface area (Å²) in [5.41, 5.74) is 3.34. The molecule has 1 aromatic carbocycles. The summed E-state index contributed by atoms with van der Waals surface area (Å²) in [4.78, 5) is 66.2. The summed E-state index contributed by atoms with van der Waals surface area (Å²) < 4.78 is 11.2. The number of benzene rings is 1. The minimum Gasteiger partial charge on any atom is -0.425 e. The van der Waals surface area contributed by atoms with Crippen LogP contribution in [-0.2, 0) is 19.1 Å². The number of carbonyl (C=O) groups is 5. The van der Waals surface area contributed by atoms with Crippen molar-refractivity contribution in [2.24, 2.45) is 0 Å². The molecule has 0 atom stereocenters. The van der Waals surface area contributed by atoms with Gasteiger partial charge in [0.2, 0.25) is 6.79 Å². The van der Waals surface area contributed by atoms with Gasteiger partial charge in [0.15, 0.2) is 5.82 Å². The molecule has 0 saturated heterocycles. The van der Waals surface area contributed by atoms with E-state index in [1.54, 1.807) is 19.1 Å². The molecule has 2 aliphatic carbocycles. The molecular formula is C28H28N6O7. The lowest BCUT2D eigenvalue weighted by molar-refractivity contribution is -0.146. The van der Waals surface area contributed by atoms with Crippen LogP contribution in [0, 0.1) is 13.8 Å². The highest BCUT2D eigenvalue weighted by Gasteiger charge is 2.40. The zero-order valence-corrected chi connectivity index (χ0v) is 22.5. The van der Waals surface area contributed by atoms with E-state index >= 15 is 0 Å². The van der Waals surface area contributed by atoms with Crippen LogP contribution in [0.1, 0.15) is 57.5 Å². The first-order chi connectivity index (χ1) is 19.8. The highest BCUT2D eigenvalue weighted by atomic mass is 16.7. The fourth-order valence-corrected chi connectivity index (χ4v) is 4.22. The molecule has 0 unspecified atom stereocenters. The minimum absolute atomic E-state index is 0.144. The topological polar surface area (TPSA) is 161 Å². The van der Waals surface area contributed by atoms with Gasteiger partial charge in [0.1, 0.15) is 18.1 Å². The van der Waals surface area contributed by atoms with Crippen LogP contribution in [0.5, 0.6) is 0 Å². The Bertz CT molecular complexity index is 1570. The molecule has 3 amide bonds. The number of imide groups is 1. The van der Waals surface area contributed by atoms with Crippen molar-refractivity contribution in [1.29, 1.82) is 0 Å². The molecule has 212 valence electrons. The fraction of sp³-hybridized carbons (Fsp3) is 0.321. The molecule has 2 aromatic heterocycles. The SMILES string of the molecule is Cc1ccc(C(=O)NC2CC2)cc1Nc1ncnn2cc(C(=O)N(C(=O)OCOC(=O)/C=C/C=O)C3CC3)c(C)c12. The van der Waals surface area contributed by atoms with Crippen molar-refractivity contribution in [3.05, 3.63) is 65.1 Å². The van der Waals surface area contributed by atoms with Crippen LogP contribution in [0.4, 0.5) is 16.3 Å². The van der Waals surface area contributed by atoms with E-state index in [1.165, 1.54) is 17.0 Å². The van der Waals surface area contributed by atoms with Gasteiger partial charge in [-0.2, -0.15) is 5.10 Å². The Kier molecular flexibility index (Phi) is 7.77. The summed E-state index contributed by atoms with van der Waals surface area (Å²) in [6, 6.07) is 5.24. The summed E-state index contributed by atoms with van der Waals surface area (Å²) in [6.07, 6.45) is 7.33. The van der Waals surface area contributed by atoms with Crippen LogP contribution in [0.25, 0.3) is 5.52 Å². The molecule has 13 heteroatoms. The number of nitrogens with one attached hydrogen (secondary N) is 2. The van der Waals surface area contributed by atoms with Gasteiger partial charge in [0.25, 0.3) is 11.8 Å². The molecule has 3 aromatic rings. The molecule has 2 fully saturated rings. The molecule has 2 saturated carbocycles. The first-order valence-electron chi connectivity index (χ1n) is 13.1. The Morgan fingerprint density at radius 2 is 1.90 bits per heavy atom. The number of aldehydes is 1.